The number of urea groups is 1. The third-order valence-electron chi connectivity index (χ3n) is 1.19. The molecule has 0 atom stereocenters. The summed E-state index contributed by atoms with van der Waals surface area (Å²) in [5.74, 6) is -2.30. The number of amides is 4. The number of rotatable bonds is 1. The second-order valence-corrected chi connectivity index (χ2v) is 2.01. The van der Waals surface area contributed by atoms with Gasteiger partial charge in [-0.05, 0) is 0 Å². The Morgan fingerprint density at radius 1 is 1.15 bits per heavy atom. The number of barbiturate groups is 1. The summed E-state index contributed by atoms with van der Waals surface area (Å²) in [7, 11) is 0. The molecular formula is C4H5KN3O5+. The second kappa shape index (κ2) is 4.76. The first kappa shape index (κ1) is 12.6. The Balaban J connectivity index is 0.00000144. The van der Waals surface area contributed by atoms with E-state index in [4.69, 9.17) is 5.21 Å². The number of hydrogen-bond acceptors (Lipinski definition) is 4. The van der Waals surface area contributed by atoms with Gasteiger partial charge in [-0.25, -0.2) is 10.0 Å². The minimum absolute atomic E-state index is 0. The molecule has 1 saturated heterocycles. The van der Waals surface area contributed by atoms with Crippen molar-refractivity contribution in [1.82, 2.24) is 10.6 Å². The van der Waals surface area contributed by atoms with Crippen molar-refractivity contribution in [1.29, 1.82) is 0 Å². The average molecular weight is 214 g/mol. The molecule has 13 heavy (non-hydrogen) atoms. The number of carbonyl (C=O) groups is 3. The van der Waals surface area contributed by atoms with Crippen LogP contribution in [0.25, 0.3) is 0 Å². The molecule has 3 N–H and O–H groups in total. The summed E-state index contributed by atoms with van der Waals surface area (Å²) < 4.78 is 0. The molecule has 8 nitrogen and oxygen atoms in total. The Labute approximate surface area is 114 Å². The van der Waals surface area contributed by atoms with Crippen molar-refractivity contribution < 1.29 is 24.5 Å². The van der Waals surface area contributed by atoms with Crippen LogP contribution < -0.4 is 10.6 Å². The maximum atomic E-state index is 10.7. The summed E-state index contributed by atoms with van der Waals surface area (Å²) in [6.45, 7) is 0. The van der Waals surface area contributed by atoms with E-state index < -0.39 is 28.8 Å². The molecule has 1 fully saturated rings. The van der Waals surface area contributed by atoms with Crippen LogP contribution in [-0.2, 0) is 9.59 Å². The number of hydrogen-bond donors (Lipinski definition) is 3. The van der Waals surface area contributed by atoms with Gasteiger partial charge in [0.05, 0.1) is 4.91 Å². The van der Waals surface area contributed by atoms with Crippen LogP contribution in [0.5, 0.6) is 0 Å². The molecule has 4 amide bonds. The first-order valence-electron chi connectivity index (χ1n) is 2.83. The Kier molecular flexibility index (Phi) is 4.63. The number of carbonyl (C=O) groups excluding carboxylic acids is 3. The summed E-state index contributed by atoms with van der Waals surface area (Å²) in [4.78, 5) is 41.1. The SMILES string of the molecule is O=C1NC(=O)C([N+](=O)O)C(=O)N1.[KH]. The maximum absolute atomic E-state index is 10.7. The van der Waals surface area contributed by atoms with Crippen molar-refractivity contribution in [3.05, 3.63) is 4.91 Å². The molecular weight excluding hydrogens is 209 g/mol. The predicted octanol–water partition coefficient (Wildman–Crippen LogP) is -2.76. The molecule has 0 radical (unpaired) electrons. The first-order chi connectivity index (χ1) is 5.52. The average Bonchev–Trinajstić information content (AvgIpc) is 1.82. The molecule has 1 aliphatic heterocycles. The van der Waals surface area contributed by atoms with Gasteiger partial charge in [0.15, 0.2) is 0 Å². The van der Waals surface area contributed by atoms with Crippen molar-refractivity contribution in [2.45, 2.75) is 6.04 Å². The molecule has 0 aromatic heterocycles. The third kappa shape index (κ3) is 2.81. The summed E-state index contributed by atoms with van der Waals surface area (Å²) in [6.07, 6.45) is 0. The van der Waals surface area contributed by atoms with Crippen LogP contribution in [0.3, 0.4) is 0 Å². The molecule has 9 heteroatoms. The molecule has 0 aliphatic carbocycles. The van der Waals surface area contributed by atoms with Crippen molar-refractivity contribution >= 4 is 69.2 Å². The number of nitrogens with zero attached hydrogens (tertiary/aromatic N) is 1. The normalized spacial score (nSPS) is 17.1. The molecule has 0 bridgehead atoms. The van der Waals surface area contributed by atoms with Crippen LogP contribution in [0.1, 0.15) is 0 Å². The van der Waals surface area contributed by atoms with E-state index in [1.807, 2.05) is 0 Å². The first-order valence-corrected chi connectivity index (χ1v) is 2.83. The van der Waals surface area contributed by atoms with E-state index in [2.05, 4.69) is 0 Å². The summed E-state index contributed by atoms with van der Waals surface area (Å²) in [6, 6.07) is -2.93. The zero-order valence-corrected chi connectivity index (χ0v) is 5.60. The Morgan fingerprint density at radius 3 is 1.85 bits per heavy atom. The van der Waals surface area contributed by atoms with Gasteiger partial charge in [0.1, 0.15) is 0 Å². The van der Waals surface area contributed by atoms with Gasteiger partial charge in [0.2, 0.25) is 4.92 Å². The topological polar surface area (TPSA) is 116 Å². The van der Waals surface area contributed by atoms with Crippen molar-refractivity contribution in [3.63, 3.8) is 0 Å². The second-order valence-electron chi connectivity index (χ2n) is 2.01. The van der Waals surface area contributed by atoms with E-state index in [0.717, 1.165) is 0 Å². The van der Waals surface area contributed by atoms with Crippen molar-refractivity contribution in [2.24, 2.45) is 0 Å². The molecule has 0 saturated carbocycles. The van der Waals surface area contributed by atoms with E-state index >= 15 is 0 Å². The molecule has 1 aliphatic rings. The summed E-state index contributed by atoms with van der Waals surface area (Å²) >= 11 is 0. The van der Waals surface area contributed by atoms with Crippen LogP contribution in [0, 0.1) is 4.91 Å². The summed E-state index contributed by atoms with van der Waals surface area (Å²) in [5.41, 5.74) is 0. The van der Waals surface area contributed by atoms with Gasteiger partial charge >= 0.3 is 75.3 Å². The van der Waals surface area contributed by atoms with Gasteiger partial charge in [-0.1, -0.05) is 0 Å². The fraction of sp³-hybridized carbons (Fsp3) is 0.250. The summed E-state index contributed by atoms with van der Waals surface area (Å²) in [5, 5.41) is 11.5. The van der Waals surface area contributed by atoms with E-state index in [1.54, 1.807) is 10.6 Å². The van der Waals surface area contributed by atoms with Gasteiger partial charge in [-0.2, -0.15) is 0 Å². The minimum atomic E-state index is -1.91. The van der Waals surface area contributed by atoms with Crippen LogP contribution in [0.4, 0.5) is 4.79 Å². The molecule has 0 aromatic carbocycles. The van der Waals surface area contributed by atoms with Gasteiger partial charge in [-0.3, -0.25) is 20.2 Å². The van der Waals surface area contributed by atoms with E-state index in [-0.39, 0.29) is 51.4 Å². The van der Waals surface area contributed by atoms with Gasteiger partial charge in [-0.15, -0.1) is 0 Å². The molecule has 1 heterocycles. The van der Waals surface area contributed by atoms with Crippen LogP contribution in [0.15, 0.2) is 0 Å². The quantitative estimate of drug-likeness (QED) is 0.248. The molecule has 0 unspecified atom stereocenters. The molecule has 66 valence electrons. The van der Waals surface area contributed by atoms with Crippen LogP contribution in [-0.4, -0.2) is 85.4 Å². The van der Waals surface area contributed by atoms with Crippen molar-refractivity contribution in [3.8, 4) is 0 Å². The van der Waals surface area contributed by atoms with Gasteiger partial charge in [0, 0.05) is 0 Å². The van der Waals surface area contributed by atoms with E-state index in [1.165, 1.54) is 0 Å². The molecule has 1 rings (SSSR count). The van der Waals surface area contributed by atoms with Crippen LogP contribution >= 0.6 is 0 Å². The molecule has 0 spiro atoms. The van der Waals surface area contributed by atoms with Gasteiger partial charge < -0.3 is 0 Å². The number of imide groups is 2. The Morgan fingerprint density at radius 2 is 1.54 bits per heavy atom. The predicted molar refractivity (Wildman–Crippen MR) is 38.0 cm³/mol. The van der Waals surface area contributed by atoms with Crippen molar-refractivity contribution in [2.75, 3.05) is 0 Å². The Hall–Kier alpha value is -0.354. The van der Waals surface area contributed by atoms with E-state index in [9.17, 15) is 19.3 Å². The molecule has 0 aromatic rings. The Bertz CT molecular complexity index is 270. The zero-order chi connectivity index (χ0) is 9.30. The fourth-order valence-electron chi connectivity index (χ4n) is 0.711. The monoisotopic (exact) mass is 214 g/mol. The number of nitrogens with one attached hydrogen (secondary N) is 2. The van der Waals surface area contributed by atoms with Gasteiger partial charge in [0.25, 0.3) is 0 Å². The fourth-order valence-corrected chi connectivity index (χ4v) is 0.711. The zero-order valence-electron chi connectivity index (χ0n) is 5.60. The third-order valence-corrected chi connectivity index (χ3v) is 1.19. The standard InChI is InChI=1S/C4H3N3O5.K.H/c8-2-1(7(11)12)3(9)6-4(10)5-2;;/h1H,(H2-,5,6,8,9,10,11,12);;/p+1. The van der Waals surface area contributed by atoms with E-state index in [0.29, 0.717) is 0 Å². The van der Waals surface area contributed by atoms with Crippen LogP contribution in [0.2, 0.25) is 0 Å².